The molecule has 1 aliphatic rings. The highest BCUT2D eigenvalue weighted by Gasteiger charge is 2.27. The molecule has 0 unspecified atom stereocenters. The molecule has 2 atom stereocenters. The Hall–Kier alpha value is -3.16. The van der Waals surface area contributed by atoms with Crippen molar-refractivity contribution in [1.29, 1.82) is 0 Å². The lowest BCUT2D eigenvalue weighted by Crippen LogP contribution is -2.48. The van der Waals surface area contributed by atoms with Crippen LogP contribution >= 0.6 is 0 Å². The summed E-state index contributed by atoms with van der Waals surface area (Å²) in [5.41, 5.74) is 1.69. The molecule has 222 valence electrons. The molecule has 0 radical (unpaired) electrons. The predicted octanol–water partition coefficient (Wildman–Crippen LogP) is 7.29. The number of allylic oxidation sites excluding steroid dienone is 1. The number of para-hydroxylation sites is 1. The summed E-state index contributed by atoms with van der Waals surface area (Å²) < 4.78 is 14.0. The SMILES string of the molecule is C=C(C[C@H](NC(=O)CCC(C)(C)C)C(=O)N[C@@H](C)c1nc2c(F)cccc2[nH]1)N1CCCCC1.C=CC.CC.[HH].[HH]. The maximum absolute atomic E-state index is 14.0. The molecule has 3 N–H and O–H groups in total. The molecule has 8 heteroatoms. The minimum absolute atomic E-state index is 0. The average molecular weight is 548 g/mol. The standard InChI is InChI=1S/C26H38FN5O2.C3H6.C2H6.2H2/c1-17(32-14-7-6-8-15-32)16-21(29-22(33)12-13-26(3,4)5)25(34)28-18(2)24-30-20-11-9-10-19(27)23(20)31-24;1-3-2;1-2;;/h9-11,18,21H,1,6-8,12-16H2,2-5H3,(H,28,34)(H,29,33)(H,30,31);3H,1H2,2H3;1-2H3;2*1H/t18-,21-;;;;/m0..../s1. The lowest BCUT2D eigenvalue weighted by molar-refractivity contribution is -0.129. The second kappa shape index (κ2) is 16.7. The Morgan fingerprint density at radius 1 is 1.21 bits per heavy atom. The number of rotatable bonds is 9. The number of fused-ring (bicyclic) bond motifs is 1. The van der Waals surface area contributed by atoms with Crippen LogP contribution in [-0.4, -0.2) is 45.8 Å². The van der Waals surface area contributed by atoms with Crippen LogP contribution in [0.5, 0.6) is 0 Å². The number of likely N-dealkylation sites (tertiary alicyclic amines) is 1. The van der Waals surface area contributed by atoms with Crippen molar-refractivity contribution in [2.24, 2.45) is 5.41 Å². The van der Waals surface area contributed by atoms with Gasteiger partial charge in [-0.1, -0.05) is 53.3 Å². The number of H-pyrrole nitrogens is 1. The number of nitrogens with zero attached hydrogens (tertiary/aromatic N) is 2. The van der Waals surface area contributed by atoms with E-state index in [0.717, 1.165) is 38.0 Å². The third-order valence-electron chi connectivity index (χ3n) is 6.25. The van der Waals surface area contributed by atoms with E-state index < -0.39 is 17.9 Å². The van der Waals surface area contributed by atoms with Crippen molar-refractivity contribution in [1.82, 2.24) is 25.5 Å². The molecule has 0 bridgehead atoms. The molecular weight excluding hydrogens is 493 g/mol. The molecule has 3 rings (SSSR count). The lowest BCUT2D eigenvalue weighted by atomic mass is 9.90. The van der Waals surface area contributed by atoms with Crippen molar-refractivity contribution in [3.63, 3.8) is 0 Å². The minimum atomic E-state index is -0.745. The first-order valence-electron chi connectivity index (χ1n) is 14.2. The van der Waals surface area contributed by atoms with E-state index in [4.69, 9.17) is 0 Å². The molecule has 2 heterocycles. The molecule has 1 aliphatic heterocycles. The number of carbonyl (C=O) groups is 2. The number of imidazole rings is 1. The van der Waals surface area contributed by atoms with Crippen LogP contribution in [0.15, 0.2) is 43.1 Å². The van der Waals surface area contributed by atoms with Crippen molar-refractivity contribution in [2.75, 3.05) is 13.1 Å². The maximum Gasteiger partial charge on any atom is 0.243 e. The molecule has 2 aromatic rings. The Kier molecular flexibility index (Phi) is 14.5. The van der Waals surface area contributed by atoms with Gasteiger partial charge >= 0.3 is 0 Å². The smallest absolute Gasteiger partial charge is 0.243 e. The molecule has 1 fully saturated rings. The second-order valence-corrected chi connectivity index (χ2v) is 10.9. The van der Waals surface area contributed by atoms with Gasteiger partial charge in [0.05, 0.1) is 11.6 Å². The fourth-order valence-corrected chi connectivity index (χ4v) is 4.14. The number of amides is 2. The summed E-state index contributed by atoms with van der Waals surface area (Å²) in [6.45, 7) is 23.3. The van der Waals surface area contributed by atoms with E-state index in [-0.39, 0.29) is 25.6 Å². The van der Waals surface area contributed by atoms with Crippen molar-refractivity contribution < 1.29 is 16.8 Å². The first-order chi connectivity index (χ1) is 18.4. The summed E-state index contributed by atoms with van der Waals surface area (Å²) in [6, 6.07) is 3.47. The van der Waals surface area contributed by atoms with Crippen LogP contribution in [0.25, 0.3) is 11.0 Å². The van der Waals surface area contributed by atoms with E-state index in [9.17, 15) is 14.0 Å². The number of aromatic nitrogens is 2. The highest BCUT2D eigenvalue weighted by Crippen LogP contribution is 2.22. The summed E-state index contributed by atoms with van der Waals surface area (Å²) in [5, 5.41) is 5.86. The molecular formula is C31H54FN5O2. The van der Waals surface area contributed by atoms with E-state index in [0.29, 0.717) is 24.2 Å². The number of halogens is 1. The van der Waals surface area contributed by atoms with E-state index in [2.05, 4.69) is 59.4 Å². The molecule has 7 nitrogen and oxygen atoms in total. The van der Waals surface area contributed by atoms with Gasteiger partial charge in [-0.15, -0.1) is 6.58 Å². The van der Waals surface area contributed by atoms with Crippen LogP contribution in [0.1, 0.15) is 102 Å². The van der Waals surface area contributed by atoms with Crippen LogP contribution in [0.4, 0.5) is 4.39 Å². The van der Waals surface area contributed by atoms with E-state index in [1.807, 2.05) is 20.8 Å². The number of benzene rings is 1. The lowest BCUT2D eigenvalue weighted by Gasteiger charge is -2.32. The third-order valence-corrected chi connectivity index (χ3v) is 6.25. The molecule has 1 aromatic heterocycles. The zero-order valence-corrected chi connectivity index (χ0v) is 25.1. The summed E-state index contributed by atoms with van der Waals surface area (Å²) >= 11 is 0. The monoisotopic (exact) mass is 547 g/mol. The van der Waals surface area contributed by atoms with Gasteiger partial charge in [0.15, 0.2) is 5.82 Å². The Balaban J connectivity index is 0. The number of carbonyl (C=O) groups excluding carboxylic acids is 2. The number of hydrogen-bond acceptors (Lipinski definition) is 4. The van der Waals surface area contributed by atoms with Gasteiger partial charge in [0.2, 0.25) is 11.8 Å². The molecule has 0 saturated carbocycles. The predicted molar refractivity (Wildman–Crippen MR) is 164 cm³/mol. The number of piperidine rings is 1. The topological polar surface area (TPSA) is 90.1 Å². The number of aromatic amines is 1. The molecule has 39 heavy (non-hydrogen) atoms. The molecule has 0 spiro atoms. The number of hydrogen-bond donors (Lipinski definition) is 3. The molecule has 2 amide bonds. The summed E-state index contributed by atoms with van der Waals surface area (Å²) in [5.74, 6) is -0.419. The highest BCUT2D eigenvalue weighted by atomic mass is 19.1. The quantitative estimate of drug-likeness (QED) is 0.288. The Bertz CT molecular complexity index is 1080. The van der Waals surface area contributed by atoms with Crippen molar-refractivity contribution >= 4 is 22.8 Å². The van der Waals surface area contributed by atoms with Crippen molar-refractivity contribution in [2.45, 2.75) is 99.1 Å². The van der Waals surface area contributed by atoms with Crippen LogP contribution in [0, 0.1) is 11.2 Å². The van der Waals surface area contributed by atoms with Gasteiger partial charge < -0.3 is 20.5 Å². The van der Waals surface area contributed by atoms with Gasteiger partial charge in [-0.05, 0) is 57.1 Å². The third kappa shape index (κ3) is 11.6. The Labute approximate surface area is 237 Å². The van der Waals surface area contributed by atoms with Crippen LogP contribution in [0.2, 0.25) is 0 Å². The summed E-state index contributed by atoms with van der Waals surface area (Å²) in [7, 11) is 0. The summed E-state index contributed by atoms with van der Waals surface area (Å²) in [6.07, 6.45) is 6.57. The van der Waals surface area contributed by atoms with Gasteiger partial charge in [-0.2, -0.15) is 0 Å². The Morgan fingerprint density at radius 3 is 2.38 bits per heavy atom. The highest BCUT2D eigenvalue weighted by molar-refractivity contribution is 5.88. The zero-order chi connectivity index (χ0) is 29.6. The van der Waals surface area contributed by atoms with Gasteiger partial charge in [0.25, 0.3) is 0 Å². The minimum Gasteiger partial charge on any atom is -0.375 e. The zero-order valence-electron chi connectivity index (χ0n) is 25.1. The van der Waals surface area contributed by atoms with Crippen molar-refractivity contribution in [3.05, 3.63) is 54.8 Å². The Morgan fingerprint density at radius 2 is 1.82 bits per heavy atom. The van der Waals surface area contributed by atoms with E-state index >= 15 is 0 Å². The average Bonchev–Trinajstić information content (AvgIpc) is 3.35. The number of nitrogens with one attached hydrogen (secondary N) is 3. The summed E-state index contributed by atoms with van der Waals surface area (Å²) in [4.78, 5) is 35.5. The molecule has 1 saturated heterocycles. The van der Waals surface area contributed by atoms with Gasteiger partial charge in [-0.3, -0.25) is 9.59 Å². The van der Waals surface area contributed by atoms with Gasteiger partial charge in [0.1, 0.15) is 17.4 Å². The molecule has 0 aliphatic carbocycles. The van der Waals surface area contributed by atoms with Gasteiger partial charge in [-0.25, -0.2) is 9.37 Å². The van der Waals surface area contributed by atoms with Crippen LogP contribution < -0.4 is 10.6 Å². The second-order valence-electron chi connectivity index (χ2n) is 10.9. The fourth-order valence-electron chi connectivity index (χ4n) is 4.14. The molecule has 1 aromatic carbocycles. The van der Waals surface area contributed by atoms with Crippen molar-refractivity contribution in [3.8, 4) is 0 Å². The van der Waals surface area contributed by atoms with Crippen LogP contribution in [0.3, 0.4) is 0 Å². The largest absolute Gasteiger partial charge is 0.375 e. The van der Waals surface area contributed by atoms with E-state index in [1.54, 1.807) is 25.1 Å². The van der Waals surface area contributed by atoms with Gasteiger partial charge in [0, 0.05) is 34.5 Å². The van der Waals surface area contributed by atoms with E-state index in [1.165, 1.54) is 12.5 Å². The first-order valence-corrected chi connectivity index (χ1v) is 14.2. The van der Waals surface area contributed by atoms with Crippen LogP contribution in [-0.2, 0) is 9.59 Å². The first kappa shape index (κ1) is 33.9. The normalized spacial score (nSPS) is 14.6. The maximum atomic E-state index is 14.0. The fraction of sp³-hybridized carbons (Fsp3) is 0.581.